The van der Waals surface area contributed by atoms with Gasteiger partial charge in [-0.25, -0.2) is 4.57 Å². The third-order valence-corrected chi connectivity index (χ3v) is 12.1. The lowest BCUT2D eigenvalue weighted by molar-refractivity contribution is -0.870. The number of hydrogen-bond acceptors (Lipinski definition) is 9. The summed E-state index contributed by atoms with van der Waals surface area (Å²) in [4.78, 5) is 35.6. The van der Waals surface area contributed by atoms with E-state index in [-0.39, 0.29) is 32.5 Å². The molecule has 1 aromatic heterocycles. The number of esters is 2. The number of nitrogens with zero attached hydrogens (tertiary/aromatic N) is 1. The van der Waals surface area contributed by atoms with Crippen LogP contribution in [0, 0.1) is 13.8 Å². The van der Waals surface area contributed by atoms with Gasteiger partial charge in [0, 0.05) is 25.7 Å². The molecule has 12 heteroatoms. The molecule has 0 aromatic carbocycles. The number of quaternary nitrogens is 1. The van der Waals surface area contributed by atoms with Crippen LogP contribution in [-0.4, -0.2) is 86.1 Å². The molecule has 66 heavy (non-hydrogen) atoms. The number of phosphoric ester groups is 1. The molecule has 11 nitrogen and oxygen atoms in total. The highest BCUT2D eigenvalue weighted by molar-refractivity contribution is 7.47. The second kappa shape index (κ2) is 38.6. The number of phosphoric acid groups is 1. The number of carbonyl (C=O) groups is 2. The Kier molecular flexibility index (Phi) is 35.5. The number of ether oxygens (including phenoxy) is 2. The predicted molar refractivity (Wildman–Crippen MR) is 270 cm³/mol. The summed E-state index contributed by atoms with van der Waals surface area (Å²) in [5, 5.41) is 10.4. The first-order valence-electron chi connectivity index (χ1n) is 25.1. The van der Waals surface area contributed by atoms with Crippen molar-refractivity contribution in [3.05, 3.63) is 95.6 Å². The van der Waals surface area contributed by atoms with E-state index < -0.39 is 38.6 Å². The van der Waals surface area contributed by atoms with E-state index in [4.69, 9.17) is 22.9 Å². The lowest BCUT2D eigenvalue weighted by Gasteiger charge is -2.24. The molecule has 1 rings (SSSR count). The molecule has 2 N–H and O–H groups in total. The van der Waals surface area contributed by atoms with Crippen molar-refractivity contribution in [2.45, 2.75) is 188 Å². The van der Waals surface area contributed by atoms with Gasteiger partial charge in [-0.15, -0.1) is 0 Å². The van der Waals surface area contributed by atoms with Crippen LogP contribution in [0.1, 0.15) is 171 Å². The number of unbranched alkanes of at least 4 members (excludes halogenated alkanes) is 11. The molecule has 0 aliphatic carbocycles. The van der Waals surface area contributed by atoms with Gasteiger partial charge in [-0.05, 0) is 82.8 Å². The number of rotatable bonds is 41. The summed E-state index contributed by atoms with van der Waals surface area (Å²) in [6, 6.07) is 0. The maximum Gasteiger partial charge on any atom is 0.472 e. The van der Waals surface area contributed by atoms with E-state index in [0.717, 1.165) is 70.6 Å². The molecule has 2 unspecified atom stereocenters. The number of carbonyl (C=O) groups excluding carboxylic acids is 2. The van der Waals surface area contributed by atoms with Crippen molar-refractivity contribution < 1.29 is 51.6 Å². The number of aliphatic hydroxyl groups is 1. The van der Waals surface area contributed by atoms with Crippen LogP contribution in [0.4, 0.5) is 0 Å². The Morgan fingerprint density at radius 1 is 0.652 bits per heavy atom. The van der Waals surface area contributed by atoms with Gasteiger partial charge in [-0.1, -0.05) is 151 Å². The van der Waals surface area contributed by atoms with Gasteiger partial charge in [-0.3, -0.25) is 18.6 Å². The topological polar surface area (TPSA) is 142 Å². The Hall–Kier alpha value is -3.31. The molecule has 3 atom stereocenters. The maximum absolute atomic E-state index is 12.8. The first-order valence-corrected chi connectivity index (χ1v) is 26.6. The van der Waals surface area contributed by atoms with Gasteiger partial charge in [0.2, 0.25) is 0 Å². The molecule has 0 fully saturated rings. The van der Waals surface area contributed by atoms with E-state index >= 15 is 0 Å². The summed E-state index contributed by atoms with van der Waals surface area (Å²) in [6.45, 7) is 8.36. The normalized spacial score (nSPS) is 14.5. The zero-order valence-corrected chi connectivity index (χ0v) is 43.1. The second-order valence-electron chi connectivity index (χ2n) is 18.3. The summed E-state index contributed by atoms with van der Waals surface area (Å²) in [5.74, 6) is 1.26. The summed E-state index contributed by atoms with van der Waals surface area (Å²) in [6.07, 6.45) is 43.9. The molecule has 0 saturated carbocycles. The number of allylic oxidation sites excluding steroid dienone is 11. The van der Waals surface area contributed by atoms with Crippen LogP contribution >= 0.6 is 7.82 Å². The van der Waals surface area contributed by atoms with Gasteiger partial charge < -0.3 is 28.4 Å². The van der Waals surface area contributed by atoms with Gasteiger partial charge in [0.25, 0.3) is 0 Å². The Morgan fingerprint density at radius 3 is 1.71 bits per heavy atom. The van der Waals surface area contributed by atoms with E-state index in [2.05, 4.69) is 76.3 Å². The van der Waals surface area contributed by atoms with Gasteiger partial charge in [-0.2, -0.15) is 0 Å². The molecule has 376 valence electrons. The fourth-order valence-corrected chi connectivity index (χ4v) is 7.57. The minimum atomic E-state index is -4.46. The summed E-state index contributed by atoms with van der Waals surface area (Å²) in [5.41, 5.74) is 2.68. The van der Waals surface area contributed by atoms with Crippen LogP contribution in [0.25, 0.3) is 0 Å². The molecule has 0 amide bonds. The predicted octanol–water partition coefficient (Wildman–Crippen LogP) is 13.2. The van der Waals surface area contributed by atoms with E-state index in [1.807, 2.05) is 33.3 Å². The van der Waals surface area contributed by atoms with Crippen molar-refractivity contribution in [2.75, 3.05) is 47.5 Å². The van der Waals surface area contributed by atoms with Crippen LogP contribution in [0.3, 0.4) is 0 Å². The van der Waals surface area contributed by atoms with Crippen molar-refractivity contribution in [1.29, 1.82) is 0 Å². The lowest BCUT2D eigenvalue weighted by Crippen LogP contribution is -2.37. The van der Waals surface area contributed by atoms with E-state index in [1.54, 1.807) is 12.2 Å². The standard InChI is InChI=1S/C54H90NO10P/c1-8-10-12-13-14-15-16-17-18-19-20-21-24-27-30-34-37-49(56)41-42-54(58)64-50(46-63-66(59,60)62-44-43-55(5,6)7)45-61-53(57)40-36-32-29-26-23-22-25-28-31-35-39-52-48(4)47(3)51(65-52)38-33-11-9-2/h10,12,14-15,17-18,20-21,27,30,34,37,49-50,56H,8-9,11,13,16,19,22-26,28-29,31-33,35-36,38-46H2,1-7H3/p+1/b12-10-,15-14-,18-17-,21-20-,30-27-,37-34-/t49?,50-/m1/s1. The molecule has 1 aromatic rings. The zero-order chi connectivity index (χ0) is 48.7. The molecule has 0 aliphatic rings. The first kappa shape index (κ1) is 60.7. The third-order valence-electron chi connectivity index (χ3n) is 11.1. The fraction of sp³-hybridized carbons (Fsp3) is 0.667. The zero-order valence-electron chi connectivity index (χ0n) is 42.2. The number of likely N-dealkylation sites (N-methyl/N-ethyl adjacent to an activating group) is 1. The van der Waals surface area contributed by atoms with Gasteiger partial charge in [0.1, 0.15) is 31.3 Å². The van der Waals surface area contributed by atoms with E-state index in [0.29, 0.717) is 17.4 Å². The number of aliphatic hydroxyl groups excluding tert-OH is 1. The van der Waals surface area contributed by atoms with Crippen molar-refractivity contribution in [2.24, 2.45) is 0 Å². The largest absolute Gasteiger partial charge is 0.472 e. The maximum atomic E-state index is 12.8. The molecular weight excluding hydrogens is 854 g/mol. The second-order valence-corrected chi connectivity index (χ2v) is 19.7. The third kappa shape index (κ3) is 34.9. The Morgan fingerprint density at radius 2 is 1.17 bits per heavy atom. The molecule has 0 bridgehead atoms. The number of aryl methyl sites for hydroxylation is 2. The fourth-order valence-electron chi connectivity index (χ4n) is 6.83. The van der Waals surface area contributed by atoms with Gasteiger partial charge in [0.15, 0.2) is 6.10 Å². The number of furan rings is 1. The molecule has 0 saturated heterocycles. The van der Waals surface area contributed by atoms with E-state index in [9.17, 15) is 24.2 Å². The van der Waals surface area contributed by atoms with Crippen LogP contribution in [-0.2, 0) is 45.5 Å². The highest BCUT2D eigenvalue weighted by Gasteiger charge is 2.27. The van der Waals surface area contributed by atoms with Crippen molar-refractivity contribution in [3.8, 4) is 0 Å². The Labute approximate surface area is 400 Å². The monoisotopic (exact) mass is 945 g/mol. The molecule has 1 heterocycles. The van der Waals surface area contributed by atoms with Gasteiger partial charge >= 0.3 is 19.8 Å². The van der Waals surface area contributed by atoms with Crippen LogP contribution in [0.2, 0.25) is 0 Å². The van der Waals surface area contributed by atoms with Crippen molar-refractivity contribution in [3.63, 3.8) is 0 Å². The summed E-state index contributed by atoms with van der Waals surface area (Å²) < 4.78 is 40.5. The summed E-state index contributed by atoms with van der Waals surface area (Å²) in [7, 11) is 1.31. The van der Waals surface area contributed by atoms with Crippen molar-refractivity contribution in [1.82, 2.24) is 0 Å². The van der Waals surface area contributed by atoms with Gasteiger partial charge in [0.05, 0.1) is 33.9 Å². The van der Waals surface area contributed by atoms with Crippen LogP contribution < -0.4 is 0 Å². The van der Waals surface area contributed by atoms with Crippen LogP contribution in [0.15, 0.2) is 77.3 Å². The SMILES string of the molecule is CC/C=C\C/C=C\C/C=C\C/C=C\C/C=C\C=C/C(O)CCC(=O)O[C@H](COC(=O)CCCCCCCCCCCCc1oc(CCCCC)c(C)c1C)COP(=O)(O)OCC[N+](C)(C)C. The summed E-state index contributed by atoms with van der Waals surface area (Å²) >= 11 is 0. The average molecular weight is 945 g/mol. The highest BCUT2D eigenvalue weighted by Crippen LogP contribution is 2.43. The molecule has 0 spiro atoms. The van der Waals surface area contributed by atoms with E-state index in [1.165, 1.54) is 74.0 Å². The molecular formula is C54H91NO10P+. The lowest BCUT2D eigenvalue weighted by atomic mass is 10.0. The Balaban J connectivity index is 2.39. The number of hydrogen-bond donors (Lipinski definition) is 2. The minimum Gasteiger partial charge on any atom is -0.466 e. The Bertz CT molecular complexity index is 1650. The average Bonchev–Trinajstić information content (AvgIpc) is 3.54. The highest BCUT2D eigenvalue weighted by atomic mass is 31.2. The first-order chi connectivity index (χ1) is 31.7. The van der Waals surface area contributed by atoms with Crippen molar-refractivity contribution >= 4 is 19.8 Å². The minimum absolute atomic E-state index is 0.0194. The molecule has 0 radical (unpaired) electrons. The van der Waals surface area contributed by atoms with Crippen LogP contribution in [0.5, 0.6) is 0 Å². The quantitative estimate of drug-likeness (QED) is 0.0163. The molecule has 0 aliphatic heterocycles. The smallest absolute Gasteiger partial charge is 0.466 e.